The summed E-state index contributed by atoms with van der Waals surface area (Å²) in [5.74, 6) is 1.41. The van der Waals surface area contributed by atoms with Crippen LogP contribution in [0.5, 0.6) is 5.75 Å². The van der Waals surface area contributed by atoms with Crippen LogP contribution in [0.4, 0.5) is 0 Å². The molecular weight excluding hydrogens is 248 g/mol. The molecule has 2 N–H and O–H groups in total. The number of phenolic OH excluding ortho intramolecular Hbond substituents is 1. The molecule has 1 atom stereocenters. The van der Waals surface area contributed by atoms with Gasteiger partial charge in [0.1, 0.15) is 5.75 Å². The molecule has 0 aliphatic heterocycles. The van der Waals surface area contributed by atoms with Gasteiger partial charge >= 0.3 is 0 Å². The average Bonchev–Trinajstić information content (AvgIpc) is 2.36. The number of aliphatic hydroxyl groups excluding tert-OH is 1. The molecule has 114 valence electrons. The predicted molar refractivity (Wildman–Crippen MR) is 85.3 cm³/mol. The summed E-state index contributed by atoms with van der Waals surface area (Å²) in [4.78, 5) is 0. The smallest absolute Gasteiger partial charge is 0.118 e. The zero-order chi connectivity index (χ0) is 15.3. The summed E-state index contributed by atoms with van der Waals surface area (Å²) in [5.41, 5.74) is 3.38. The van der Waals surface area contributed by atoms with E-state index in [1.807, 2.05) is 13.0 Å². The van der Waals surface area contributed by atoms with E-state index in [1.165, 1.54) is 11.1 Å². The van der Waals surface area contributed by atoms with Crippen molar-refractivity contribution >= 4 is 0 Å². The van der Waals surface area contributed by atoms with Gasteiger partial charge in [-0.25, -0.2) is 0 Å². The lowest BCUT2D eigenvalue weighted by Gasteiger charge is -2.17. The molecule has 0 aliphatic rings. The molecule has 1 rings (SSSR count). The van der Waals surface area contributed by atoms with Crippen LogP contribution >= 0.6 is 0 Å². The Hall–Kier alpha value is -1.02. The molecule has 0 bridgehead atoms. The number of phenols is 1. The Kier molecular flexibility index (Phi) is 6.54. The number of hydrogen-bond donors (Lipinski definition) is 2. The monoisotopic (exact) mass is 278 g/mol. The van der Waals surface area contributed by atoms with E-state index in [4.69, 9.17) is 0 Å². The second-order valence-corrected chi connectivity index (χ2v) is 6.66. The normalized spacial score (nSPS) is 13.2. The molecule has 1 aromatic rings. The third-order valence-electron chi connectivity index (χ3n) is 3.90. The van der Waals surface area contributed by atoms with Gasteiger partial charge in [0.15, 0.2) is 0 Å². The maximum Gasteiger partial charge on any atom is 0.118 e. The Morgan fingerprint density at radius 2 is 1.65 bits per heavy atom. The fourth-order valence-corrected chi connectivity index (χ4v) is 2.52. The van der Waals surface area contributed by atoms with Gasteiger partial charge in [-0.1, -0.05) is 33.8 Å². The Morgan fingerprint density at radius 1 is 1.00 bits per heavy atom. The molecule has 0 spiro atoms. The Bertz CT molecular complexity index is 422. The number of aryl methyl sites for hydroxylation is 2. The topological polar surface area (TPSA) is 40.5 Å². The summed E-state index contributed by atoms with van der Waals surface area (Å²) in [6, 6.07) is 3.95. The van der Waals surface area contributed by atoms with Crippen molar-refractivity contribution in [2.75, 3.05) is 0 Å². The molecule has 20 heavy (non-hydrogen) atoms. The molecular formula is C18H30O2. The highest BCUT2D eigenvalue weighted by Crippen LogP contribution is 2.28. The second kappa shape index (κ2) is 7.68. The van der Waals surface area contributed by atoms with Gasteiger partial charge in [-0.05, 0) is 67.2 Å². The SMILES string of the molecule is Cc1cc(CCC(O)CCC(C)C)c(C(C)C)cc1O. The van der Waals surface area contributed by atoms with Crippen LogP contribution < -0.4 is 0 Å². The molecule has 0 fully saturated rings. The molecule has 2 heteroatoms. The van der Waals surface area contributed by atoms with E-state index in [0.717, 1.165) is 31.2 Å². The molecule has 0 aromatic heterocycles. The molecule has 0 saturated heterocycles. The van der Waals surface area contributed by atoms with Gasteiger partial charge in [-0.15, -0.1) is 0 Å². The van der Waals surface area contributed by atoms with Gasteiger partial charge in [0, 0.05) is 0 Å². The molecule has 0 radical (unpaired) electrons. The minimum Gasteiger partial charge on any atom is -0.508 e. The Balaban J connectivity index is 2.69. The minimum absolute atomic E-state index is 0.216. The number of rotatable bonds is 7. The van der Waals surface area contributed by atoms with E-state index >= 15 is 0 Å². The lowest BCUT2D eigenvalue weighted by molar-refractivity contribution is 0.147. The molecule has 0 aliphatic carbocycles. The Labute approximate surface area is 123 Å². The first-order valence-electron chi connectivity index (χ1n) is 7.81. The fraction of sp³-hybridized carbons (Fsp3) is 0.667. The van der Waals surface area contributed by atoms with Gasteiger partial charge in [-0.3, -0.25) is 0 Å². The highest BCUT2D eigenvalue weighted by Gasteiger charge is 2.12. The summed E-state index contributed by atoms with van der Waals surface area (Å²) in [6.45, 7) is 10.6. The van der Waals surface area contributed by atoms with E-state index in [1.54, 1.807) is 0 Å². The number of benzene rings is 1. The first-order chi connectivity index (χ1) is 9.31. The van der Waals surface area contributed by atoms with Gasteiger partial charge in [0.05, 0.1) is 6.10 Å². The van der Waals surface area contributed by atoms with Crippen molar-refractivity contribution in [3.8, 4) is 5.75 Å². The molecule has 1 aromatic carbocycles. The fourth-order valence-electron chi connectivity index (χ4n) is 2.52. The number of hydrogen-bond acceptors (Lipinski definition) is 2. The van der Waals surface area contributed by atoms with Crippen LogP contribution in [0.3, 0.4) is 0 Å². The van der Waals surface area contributed by atoms with Crippen molar-refractivity contribution in [2.45, 2.75) is 72.3 Å². The maximum absolute atomic E-state index is 10.1. The zero-order valence-corrected chi connectivity index (χ0v) is 13.6. The van der Waals surface area contributed by atoms with Crippen molar-refractivity contribution in [1.29, 1.82) is 0 Å². The standard InChI is InChI=1S/C18H30O2/c1-12(2)6-8-16(19)9-7-15-10-14(5)18(20)11-17(15)13(3)4/h10-13,16,19-20H,6-9H2,1-5H3. The third kappa shape index (κ3) is 5.16. The van der Waals surface area contributed by atoms with Gasteiger partial charge in [0.2, 0.25) is 0 Å². The van der Waals surface area contributed by atoms with Crippen LogP contribution in [0.2, 0.25) is 0 Å². The van der Waals surface area contributed by atoms with E-state index in [-0.39, 0.29) is 6.10 Å². The first-order valence-corrected chi connectivity index (χ1v) is 7.81. The summed E-state index contributed by atoms with van der Waals surface area (Å²) in [7, 11) is 0. The zero-order valence-electron chi connectivity index (χ0n) is 13.6. The lowest BCUT2D eigenvalue weighted by atomic mass is 9.91. The van der Waals surface area contributed by atoms with E-state index < -0.39 is 0 Å². The van der Waals surface area contributed by atoms with Gasteiger partial charge < -0.3 is 10.2 Å². The van der Waals surface area contributed by atoms with Gasteiger partial charge in [-0.2, -0.15) is 0 Å². The van der Waals surface area contributed by atoms with Crippen LogP contribution in [0.1, 0.15) is 69.6 Å². The van der Waals surface area contributed by atoms with Crippen molar-refractivity contribution < 1.29 is 10.2 Å². The van der Waals surface area contributed by atoms with E-state index in [0.29, 0.717) is 17.6 Å². The van der Waals surface area contributed by atoms with Gasteiger partial charge in [0.25, 0.3) is 0 Å². The van der Waals surface area contributed by atoms with Crippen molar-refractivity contribution in [1.82, 2.24) is 0 Å². The van der Waals surface area contributed by atoms with Crippen LogP contribution in [-0.2, 0) is 6.42 Å². The van der Waals surface area contributed by atoms with Crippen molar-refractivity contribution in [3.63, 3.8) is 0 Å². The first kappa shape index (κ1) is 17.0. The van der Waals surface area contributed by atoms with Crippen LogP contribution in [0.25, 0.3) is 0 Å². The molecule has 0 amide bonds. The predicted octanol–water partition coefficient (Wildman–Crippen LogP) is 4.55. The van der Waals surface area contributed by atoms with Crippen molar-refractivity contribution in [3.05, 3.63) is 28.8 Å². The van der Waals surface area contributed by atoms with Crippen LogP contribution in [0.15, 0.2) is 12.1 Å². The minimum atomic E-state index is -0.216. The largest absolute Gasteiger partial charge is 0.508 e. The summed E-state index contributed by atoms with van der Waals surface area (Å²) < 4.78 is 0. The molecule has 0 heterocycles. The Morgan fingerprint density at radius 3 is 2.20 bits per heavy atom. The highest BCUT2D eigenvalue weighted by atomic mass is 16.3. The molecule has 2 nitrogen and oxygen atoms in total. The van der Waals surface area contributed by atoms with Crippen LogP contribution in [0, 0.1) is 12.8 Å². The second-order valence-electron chi connectivity index (χ2n) is 6.66. The number of aliphatic hydroxyl groups is 1. The summed E-state index contributed by atoms with van der Waals surface area (Å²) >= 11 is 0. The number of aromatic hydroxyl groups is 1. The van der Waals surface area contributed by atoms with Crippen molar-refractivity contribution in [2.24, 2.45) is 5.92 Å². The quantitative estimate of drug-likeness (QED) is 0.768. The van der Waals surface area contributed by atoms with E-state index in [9.17, 15) is 10.2 Å². The van der Waals surface area contributed by atoms with Crippen LogP contribution in [-0.4, -0.2) is 16.3 Å². The lowest BCUT2D eigenvalue weighted by Crippen LogP contribution is -2.10. The van der Waals surface area contributed by atoms with E-state index in [2.05, 4.69) is 33.8 Å². The summed E-state index contributed by atoms with van der Waals surface area (Å²) in [6.07, 6.45) is 3.43. The molecule has 0 saturated carbocycles. The molecule has 1 unspecified atom stereocenters. The third-order valence-corrected chi connectivity index (χ3v) is 3.90. The summed E-state index contributed by atoms with van der Waals surface area (Å²) in [5, 5.41) is 19.9. The highest BCUT2D eigenvalue weighted by molar-refractivity contribution is 5.42. The maximum atomic E-state index is 10.1. The average molecular weight is 278 g/mol.